The molecule has 3 heteroatoms. The average molecular weight is 560 g/mol. The van der Waals surface area contributed by atoms with Gasteiger partial charge in [-0.3, -0.25) is 0 Å². The fourth-order valence-electron chi connectivity index (χ4n) is 6.92. The van der Waals surface area contributed by atoms with Crippen LogP contribution < -0.4 is 9.30 Å². The lowest BCUT2D eigenvalue weighted by atomic mass is 9.80. The van der Waals surface area contributed by atoms with Crippen molar-refractivity contribution in [2.24, 2.45) is 23.3 Å². The molecule has 4 aromatic carbocycles. The van der Waals surface area contributed by atoms with E-state index in [-0.39, 0.29) is 16.2 Å². The number of fused-ring (bicyclic) bond motifs is 5. The molecular weight excluding hydrogens is 512 g/mol. The normalized spacial score (nSPS) is 13.6. The number of aryl methyl sites for hydroxylation is 2. The minimum Gasteiger partial charge on any atom is -0.455 e. The molecule has 1 aromatic heterocycles. The smallest absolute Gasteiger partial charge is 0.287 e. The molecule has 1 aliphatic heterocycles. The van der Waals surface area contributed by atoms with Crippen molar-refractivity contribution in [3.8, 4) is 22.8 Å². The van der Waals surface area contributed by atoms with E-state index in [4.69, 9.17) is 9.72 Å². The molecule has 0 spiro atoms. The van der Waals surface area contributed by atoms with Crippen molar-refractivity contribution in [2.45, 2.75) is 88.5 Å². The number of nitrogens with zero attached hydrogens (tertiary/aromatic N) is 2. The van der Waals surface area contributed by atoms with Crippen molar-refractivity contribution in [3.05, 3.63) is 71.0 Å². The van der Waals surface area contributed by atoms with Gasteiger partial charge < -0.3 is 4.74 Å². The summed E-state index contributed by atoms with van der Waals surface area (Å²) in [4.78, 5) is 4.92. The van der Waals surface area contributed by atoms with E-state index in [0.717, 1.165) is 47.1 Å². The first-order valence-corrected chi connectivity index (χ1v) is 15.5. The number of hydrogen-bond donors (Lipinski definition) is 0. The monoisotopic (exact) mass is 559 g/mol. The Morgan fingerprint density at radius 2 is 1.29 bits per heavy atom. The van der Waals surface area contributed by atoms with Crippen LogP contribution in [0.15, 0.2) is 48.8 Å². The van der Waals surface area contributed by atoms with Crippen LogP contribution >= 0.6 is 0 Å². The van der Waals surface area contributed by atoms with E-state index in [0.29, 0.717) is 0 Å². The quantitative estimate of drug-likeness (QED) is 0.159. The zero-order valence-corrected chi connectivity index (χ0v) is 27.5. The minimum atomic E-state index is 0.0973. The Morgan fingerprint density at radius 3 is 1.90 bits per heavy atom. The van der Waals surface area contributed by atoms with E-state index in [1.54, 1.807) is 0 Å². The van der Waals surface area contributed by atoms with Gasteiger partial charge in [0.05, 0.1) is 12.6 Å². The Hall–Kier alpha value is -3.46. The Morgan fingerprint density at radius 1 is 0.690 bits per heavy atom. The van der Waals surface area contributed by atoms with Crippen LogP contribution in [0.5, 0.6) is 11.5 Å². The highest BCUT2D eigenvalue weighted by Gasteiger charge is 2.34. The highest BCUT2D eigenvalue weighted by molar-refractivity contribution is 6.12. The Balaban J connectivity index is 1.69. The lowest BCUT2D eigenvalue weighted by Crippen LogP contribution is -2.33. The Kier molecular flexibility index (Phi) is 6.50. The van der Waals surface area contributed by atoms with Crippen LogP contribution in [0.3, 0.4) is 0 Å². The highest BCUT2D eigenvalue weighted by atomic mass is 16.5. The van der Waals surface area contributed by atoms with E-state index >= 15 is 0 Å². The fourth-order valence-corrected chi connectivity index (χ4v) is 6.92. The van der Waals surface area contributed by atoms with Crippen LogP contribution in [0.2, 0.25) is 0 Å². The van der Waals surface area contributed by atoms with E-state index in [1.807, 2.05) is 6.33 Å². The standard InChI is InChI=1S/C39H47N2O/c1-23-29-17-25(20-38(5,6)7)13-15-28(29)30(21-39(8,9)10)36-32(23)34-33-31(40-22-41(34)11)18-26-16-24(19-37(2,3)4)12-14-27(26)35(33)42-36/h12-18,22H,19-21H2,1-11H3/q+1. The zero-order valence-electron chi connectivity index (χ0n) is 27.5. The summed E-state index contributed by atoms with van der Waals surface area (Å²) in [5.74, 6) is 1.95. The molecule has 6 rings (SSSR count). The van der Waals surface area contributed by atoms with Crippen LogP contribution in [-0.2, 0) is 26.3 Å². The molecule has 0 N–H and O–H groups in total. The van der Waals surface area contributed by atoms with Crippen LogP contribution in [0.1, 0.15) is 84.6 Å². The van der Waals surface area contributed by atoms with Crippen molar-refractivity contribution >= 4 is 32.4 Å². The van der Waals surface area contributed by atoms with Gasteiger partial charge in [0, 0.05) is 10.9 Å². The molecule has 1 aliphatic rings. The SMILES string of the molecule is Cc1c2c(c(CC(C)(C)C)c3ccc(CC(C)(C)C)cc13)Oc1c3ccc(CC(C)(C)C)cc3cc3nc[n+](C)c-2c13. The summed E-state index contributed by atoms with van der Waals surface area (Å²) in [5, 5.41) is 6.10. The fraction of sp³-hybridized carbons (Fsp3) is 0.436. The minimum absolute atomic E-state index is 0.0973. The van der Waals surface area contributed by atoms with Crippen molar-refractivity contribution in [3.63, 3.8) is 0 Å². The van der Waals surface area contributed by atoms with Gasteiger partial charge in [0.15, 0.2) is 17.0 Å². The second kappa shape index (κ2) is 9.53. The van der Waals surface area contributed by atoms with Gasteiger partial charge in [0.2, 0.25) is 0 Å². The zero-order chi connectivity index (χ0) is 30.4. The van der Waals surface area contributed by atoms with E-state index in [1.165, 1.54) is 49.7 Å². The molecule has 0 aliphatic carbocycles. The van der Waals surface area contributed by atoms with Crippen molar-refractivity contribution in [1.82, 2.24) is 4.98 Å². The molecule has 0 fully saturated rings. The maximum atomic E-state index is 7.18. The summed E-state index contributed by atoms with van der Waals surface area (Å²) in [6.07, 6.45) is 4.98. The summed E-state index contributed by atoms with van der Waals surface area (Å²) >= 11 is 0. The number of ether oxygens (including phenoxy) is 1. The lowest BCUT2D eigenvalue weighted by molar-refractivity contribution is -0.662. The van der Waals surface area contributed by atoms with Gasteiger partial charge in [0.1, 0.15) is 11.1 Å². The first kappa shape index (κ1) is 28.6. The summed E-state index contributed by atoms with van der Waals surface area (Å²) in [6.45, 7) is 23.1. The predicted octanol–water partition coefficient (Wildman–Crippen LogP) is 10.2. The topological polar surface area (TPSA) is 26.0 Å². The van der Waals surface area contributed by atoms with Crippen LogP contribution in [-0.4, -0.2) is 4.98 Å². The summed E-state index contributed by atoms with van der Waals surface area (Å²) in [7, 11) is 2.13. The van der Waals surface area contributed by atoms with Gasteiger partial charge in [-0.05, 0) is 86.3 Å². The molecule has 218 valence electrons. The summed E-state index contributed by atoms with van der Waals surface area (Å²) < 4.78 is 9.38. The molecular formula is C39H47N2O+. The Labute approximate surface area is 251 Å². The van der Waals surface area contributed by atoms with E-state index in [2.05, 4.69) is 123 Å². The second-order valence-corrected chi connectivity index (χ2v) is 16.4. The maximum absolute atomic E-state index is 7.18. The largest absolute Gasteiger partial charge is 0.455 e. The van der Waals surface area contributed by atoms with Crippen LogP contribution in [0, 0.1) is 23.2 Å². The third-order valence-electron chi connectivity index (χ3n) is 8.40. The van der Waals surface area contributed by atoms with Gasteiger partial charge in [-0.2, -0.15) is 0 Å². The first-order valence-electron chi connectivity index (χ1n) is 15.5. The first-order chi connectivity index (χ1) is 19.5. The molecule has 0 unspecified atom stereocenters. The molecule has 0 amide bonds. The molecule has 0 saturated heterocycles. The number of benzene rings is 4. The third-order valence-corrected chi connectivity index (χ3v) is 8.40. The summed E-state index contributed by atoms with van der Waals surface area (Å²) in [6, 6.07) is 16.3. The maximum Gasteiger partial charge on any atom is 0.287 e. The lowest BCUT2D eigenvalue weighted by Gasteiger charge is -2.29. The second-order valence-electron chi connectivity index (χ2n) is 16.4. The van der Waals surface area contributed by atoms with Crippen LogP contribution in [0.25, 0.3) is 43.7 Å². The summed E-state index contributed by atoms with van der Waals surface area (Å²) in [5.41, 5.74) is 9.26. The Bertz CT molecular complexity index is 1890. The van der Waals surface area contributed by atoms with Gasteiger partial charge in [-0.1, -0.05) is 98.7 Å². The molecule has 2 heterocycles. The number of aromatic nitrogens is 2. The number of rotatable bonds is 3. The molecule has 5 aromatic rings. The molecule has 0 radical (unpaired) electrons. The van der Waals surface area contributed by atoms with Crippen LogP contribution in [0.4, 0.5) is 0 Å². The van der Waals surface area contributed by atoms with Crippen molar-refractivity contribution in [1.29, 1.82) is 0 Å². The molecule has 42 heavy (non-hydrogen) atoms. The van der Waals surface area contributed by atoms with Gasteiger partial charge >= 0.3 is 0 Å². The molecule has 0 saturated carbocycles. The van der Waals surface area contributed by atoms with Gasteiger partial charge in [0.25, 0.3) is 6.33 Å². The molecule has 3 nitrogen and oxygen atoms in total. The highest BCUT2D eigenvalue weighted by Crippen LogP contribution is 2.53. The van der Waals surface area contributed by atoms with E-state index in [9.17, 15) is 0 Å². The van der Waals surface area contributed by atoms with Gasteiger partial charge in [-0.25, -0.2) is 4.57 Å². The number of hydrogen-bond acceptors (Lipinski definition) is 2. The molecule has 0 atom stereocenters. The average Bonchev–Trinajstić information content (AvgIpc) is 2.85. The molecule has 0 bridgehead atoms. The van der Waals surface area contributed by atoms with Crippen molar-refractivity contribution in [2.75, 3.05) is 0 Å². The van der Waals surface area contributed by atoms with Gasteiger partial charge in [-0.15, -0.1) is 0 Å². The van der Waals surface area contributed by atoms with Crippen molar-refractivity contribution < 1.29 is 9.30 Å². The third kappa shape index (κ3) is 5.16. The van der Waals surface area contributed by atoms with E-state index < -0.39 is 0 Å². The predicted molar refractivity (Wildman–Crippen MR) is 178 cm³/mol.